The maximum atomic E-state index is 12.7. The van der Waals surface area contributed by atoms with Crippen molar-refractivity contribution < 1.29 is 14.3 Å². The van der Waals surface area contributed by atoms with Crippen molar-refractivity contribution in [3.05, 3.63) is 35.8 Å². The van der Waals surface area contributed by atoms with Crippen LogP contribution in [0.5, 0.6) is 11.5 Å². The summed E-state index contributed by atoms with van der Waals surface area (Å²) in [5.74, 6) is 2.50. The Labute approximate surface area is 152 Å². The standard InChI is InChI=1S/C19H22N4O3/c1-13-20-15(12-18(21-13)23-7-3-2-4-8-23)19(24)22-14-5-6-16-17(11-14)26-10-9-25-16/h5-6,11-12H,2-4,7-10H2,1H3,(H,22,24). The average molecular weight is 354 g/mol. The second-order valence-electron chi connectivity index (χ2n) is 6.52. The highest BCUT2D eigenvalue weighted by atomic mass is 16.6. The van der Waals surface area contributed by atoms with E-state index in [1.807, 2.05) is 6.92 Å². The smallest absolute Gasteiger partial charge is 0.274 e. The molecule has 0 spiro atoms. The van der Waals surface area contributed by atoms with E-state index in [2.05, 4.69) is 20.2 Å². The van der Waals surface area contributed by atoms with Crippen LogP contribution >= 0.6 is 0 Å². The van der Waals surface area contributed by atoms with Gasteiger partial charge in [-0.25, -0.2) is 9.97 Å². The van der Waals surface area contributed by atoms with Crippen molar-refractivity contribution in [2.24, 2.45) is 0 Å². The van der Waals surface area contributed by atoms with Gasteiger partial charge < -0.3 is 19.7 Å². The molecule has 136 valence electrons. The lowest BCUT2D eigenvalue weighted by molar-refractivity contribution is 0.102. The maximum absolute atomic E-state index is 12.7. The molecule has 2 aromatic rings. The van der Waals surface area contributed by atoms with Crippen LogP contribution in [-0.4, -0.2) is 42.2 Å². The lowest BCUT2D eigenvalue weighted by Gasteiger charge is -2.28. The molecule has 7 nitrogen and oxygen atoms in total. The van der Waals surface area contributed by atoms with Gasteiger partial charge >= 0.3 is 0 Å². The lowest BCUT2D eigenvalue weighted by Crippen LogP contribution is -2.31. The molecule has 4 rings (SSSR count). The molecule has 0 aliphatic carbocycles. The number of ether oxygens (including phenoxy) is 2. The number of nitrogens with one attached hydrogen (secondary N) is 1. The van der Waals surface area contributed by atoms with Crippen LogP contribution in [0, 0.1) is 6.92 Å². The summed E-state index contributed by atoms with van der Waals surface area (Å²) < 4.78 is 11.1. The molecule has 1 fully saturated rings. The van der Waals surface area contributed by atoms with Crippen molar-refractivity contribution in [3.8, 4) is 11.5 Å². The van der Waals surface area contributed by atoms with E-state index in [-0.39, 0.29) is 5.91 Å². The van der Waals surface area contributed by atoms with Crippen LogP contribution in [-0.2, 0) is 0 Å². The summed E-state index contributed by atoms with van der Waals surface area (Å²) in [4.78, 5) is 23.7. The maximum Gasteiger partial charge on any atom is 0.274 e. The second-order valence-corrected chi connectivity index (χ2v) is 6.52. The zero-order valence-electron chi connectivity index (χ0n) is 14.8. The summed E-state index contributed by atoms with van der Waals surface area (Å²) in [6.07, 6.45) is 3.56. The third kappa shape index (κ3) is 3.56. The van der Waals surface area contributed by atoms with Crippen LogP contribution in [0.15, 0.2) is 24.3 Å². The van der Waals surface area contributed by atoms with Crippen LogP contribution in [0.1, 0.15) is 35.6 Å². The SMILES string of the molecule is Cc1nc(C(=O)Nc2ccc3c(c2)OCCO3)cc(N2CCCCC2)n1. The van der Waals surface area contributed by atoms with Gasteiger partial charge in [-0.05, 0) is 38.3 Å². The Morgan fingerprint density at radius 3 is 2.62 bits per heavy atom. The van der Waals surface area contributed by atoms with Crippen LogP contribution in [0.3, 0.4) is 0 Å². The van der Waals surface area contributed by atoms with Crippen molar-refractivity contribution in [1.29, 1.82) is 0 Å². The first-order valence-electron chi connectivity index (χ1n) is 9.01. The number of nitrogens with zero attached hydrogens (tertiary/aromatic N) is 3. The molecular formula is C19H22N4O3. The Kier molecular flexibility index (Phi) is 4.60. The molecule has 0 bridgehead atoms. The van der Waals surface area contributed by atoms with E-state index >= 15 is 0 Å². The van der Waals surface area contributed by atoms with Gasteiger partial charge in [-0.3, -0.25) is 4.79 Å². The Bertz CT molecular complexity index is 818. The van der Waals surface area contributed by atoms with Gasteiger partial charge in [-0.2, -0.15) is 0 Å². The van der Waals surface area contributed by atoms with Crippen LogP contribution in [0.2, 0.25) is 0 Å². The summed E-state index contributed by atoms with van der Waals surface area (Å²) >= 11 is 0. The quantitative estimate of drug-likeness (QED) is 0.913. The van der Waals surface area contributed by atoms with Crippen LogP contribution in [0.25, 0.3) is 0 Å². The van der Waals surface area contributed by atoms with Crippen molar-refractivity contribution in [3.63, 3.8) is 0 Å². The Balaban J connectivity index is 1.53. The fourth-order valence-corrected chi connectivity index (χ4v) is 3.27. The Hall–Kier alpha value is -2.83. The molecule has 1 saturated heterocycles. The van der Waals surface area contributed by atoms with Gasteiger partial charge in [0.25, 0.3) is 5.91 Å². The third-order valence-electron chi connectivity index (χ3n) is 4.54. The predicted molar refractivity (Wildman–Crippen MR) is 98.2 cm³/mol. The number of hydrogen-bond donors (Lipinski definition) is 1. The van der Waals surface area contributed by atoms with E-state index in [0.29, 0.717) is 41.9 Å². The molecule has 1 aromatic heterocycles. The highest BCUT2D eigenvalue weighted by Crippen LogP contribution is 2.32. The zero-order chi connectivity index (χ0) is 17.9. The number of hydrogen-bond acceptors (Lipinski definition) is 6. The van der Waals surface area contributed by atoms with E-state index in [1.54, 1.807) is 24.3 Å². The van der Waals surface area contributed by atoms with Gasteiger partial charge in [0, 0.05) is 30.9 Å². The first-order chi connectivity index (χ1) is 12.7. The van der Waals surface area contributed by atoms with Gasteiger partial charge in [0.15, 0.2) is 11.5 Å². The molecule has 7 heteroatoms. The Morgan fingerprint density at radius 1 is 1.04 bits per heavy atom. The minimum atomic E-state index is -0.259. The first-order valence-corrected chi connectivity index (χ1v) is 9.01. The molecule has 0 unspecified atom stereocenters. The molecule has 3 heterocycles. The largest absolute Gasteiger partial charge is 0.486 e. The van der Waals surface area contributed by atoms with Gasteiger partial charge in [-0.1, -0.05) is 0 Å². The number of aromatic nitrogens is 2. The van der Waals surface area contributed by atoms with E-state index in [0.717, 1.165) is 31.7 Å². The summed E-state index contributed by atoms with van der Waals surface area (Å²) in [5, 5.41) is 2.88. The summed E-state index contributed by atoms with van der Waals surface area (Å²) in [5.41, 5.74) is 1.02. The molecule has 0 radical (unpaired) electrons. The summed E-state index contributed by atoms with van der Waals surface area (Å²) in [6, 6.07) is 7.14. The number of carbonyl (C=O) groups is 1. The van der Waals surface area contributed by atoms with E-state index in [4.69, 9.17) is 9.47 Å². The van der Waals surface area contributed by atoms with Gasteiger partial charge in [0.05, 0.1) is 0 Å². The van der Waals surface area contributed by atoms with Gasteiger partial charge in [0.2, 0.25) is 0 Å². The monoisotopic (exact) mass is 354 g/mol. The van der Waals surface area contributed by atoms with E-state index in [9.17, 15) is 4.79 Å². The summed E-state index contributed by atoms with van der Waals surface area (Å²) in [6.45, 7) is 4.81. The zero-order valence-corrected chi connectivity index (χ0v) is 14.8. The first kappa shape index (κ1) is 16.6. The van der Waals surface area contributed by atoms with Crippen molar-refractivity contribution in [2.75, 3.05) is 36.5 Å². The second kappa shape index (κ2) is 7.19. The van der Waals surface area contributed by atoms with Crippen molar-refractivity contribution in [2.45, 2.75) is 26.2 Å². The minimum absolute atomic E-state index is 0.259. The Morgan fingerprint density at radius 2 is 1.81 bits per heavy atom. The summed E-state index contributed by atoms with van der Waals surface area (Å²) in [7, 11) is 0. The number of benzene rings is 1. The van der Waals surface area contributed by atoms with Gasteiger partial charge in [-0.15, -0.1) is 0 Å². The fourth-order valence-electron chi connectivity index (χ4n) is 3.27. The topological polar surface area (TPSA) is 76.6 Å². The van der Waals surface area contributed by atoms with Crippen molar-refractivity contribution in [1.82, 2.24) is 9.97 Å². The number of fused-ring (bicyclic) bond motifs is 1. The molecule has 0 saturated carbocycles. The molecule has 2 aliphatic heterocycles. The number of carbonyl (C=O) groups excluding carboxylic acids is 1. The molecular weight excluding hydrogens is 332 g/mol. The third-order valence-corrected chi connectivity index (χ3v) is 4.54. The van der Waals surface area contributed by atoms with Gasteiger partial charge in [0.1, 0.15) is 30.5 Å². The molecule has 2 aliphatic rings. The number of aryl methyl sites for hydroxylation is 1. The molecule has 1 aromatic carbocycles. The average Bonchev–Trinajstić information content (AvgIpc) is 2.68. The normalized spacial score (nSPS) is 16.3. The van der Waals surface area contributed by atoms with E-state index in [1.165, 1.54) is 6.42 Å². The van der Waals surface area contributed by atoms with E-state index < -0.39 is 0 Å². The fraction of sp³-hybridized carbons (Fsp3) is 0.421. The number of anilines is 2. The molecule has 0 atom stereocenters. The minimum Gasteiger partial charge on any atom is -0.486 e. The predicted octanol–water partition coefficient (Wildman–Crippen LogP) is 2.80. The highest BCUT2D eigenvalue weighted by molar-refractivity contribution is 6.03. The number of rotatable bonds is 3. The number of piperidine rings is 1. The molecule has 1 amide bonds. The van der Waals surface area contributed by atoms with Crippen LogP contribution < -0.4 is 19.7 Å². The highest BCUT2D eigenvalue weighted by Gasteiger charge is 2.18. The molecule has 26 heavy (non-hydrogen) atoms. The van der Waals surface area contributed by atoms with Crippen LogP contribution in [0.4, 0.5) is 11.5 Å². The van der Waals surface area contributed by atoms with Crippen molar-refractivity contribution >= 4 is 17.4 Å². The lowest BCUT2D eigenvalue weighted by atomic mass is 10.1. The molecule has 1 N–H and O–H groups in total. The number of amides is 1.